The van der Waals surface area contributed by atoms with Crippen LogP contribution < -0.4 is 0 Å². The van der Waals surface area contributed by atoms with Crippen molar-refractivity contribution in [1.82, 2.24) is 0 Å². The Hall–Kier alpha value is -4.57. The molecule has 5 aliphatic carbocycles. The summed E-state index contributed by atoms with van der Waals surface area (Å²) in [7, 11) is 0. The van der Waals surface area contributed by atoms with Gasteiger partial charge in [-0.25, -0.2) is 9.59 Å². The number of hydrogen-bond donors (Lipinski definition) is 25. The van der Waals surface area contributed by atoms with E-state index >= 15 is 9.59 Å². The molecule has 13 fully saturated rings. The molecule has 9 heterocycles. The Labute approximate surface area is 869 Å². The van der Waals surface area contributed by atoms with Crippen LogP contribution in [0.1, 0.15) is 181 Å². The van der Waals surface area contributed by atoms with Crippen LogP contribution in [0.2, 0.25) is 0 Å². The third-order valence-corrected chi connectivity index (χ3v) is 35.6. The Kier molecular flexibility index (Phi) is 38.2. The Morgan fingerprint density at radius 1 is 0.413 bits per heavy atom. The van der Waals surface area contributed by atoms with Crippen LogP contribution >= 0.6 is 0 Å². The average Bonchev–Trinajstić information content (AvgIpc) is 0.702. The summed E-state index contributed by atoms with van der Waals surface area (Å²) in [6.45, 7) is 30.2. The molecule has 150 heavy (non-hydrogen) atoms. The van der Waals surface area contributed by atoms with Crippen LogP contribution in [0.25, 0.3) is 0 Å². The van der Waals surface area contributed by atoms with Gasteiger partial charge in [0.2, 0.25) is 6.29 Å². The van der Waals surface area contributed by atoms with Crippen molar-refractivity contribution in [1.29, 1.82) is 0 Å². The van der Waals surface area contributed by atoms with E-state index in [0.717, 1.165) is 5.57 Å². The first kappa shape index (κ1) is 121. The minimum absolute atomic E-state index is 0.0135. The second-order valence-electron chi connectivity index (χ2n) is 46.2. The number of esters is 3. The zero-order valence-corrected chi connectivity index (χ0v) is 87.2. The first-order chi connectivity index (χ1) is 70.2. The molecule has 4 saturated carbocycles. The monoisotopic (exact) mass is 2160 g/mol. The number of aliphatic hydroxyl groups is 25. The second-order valence-corrected chi connectivity index (χ2v) is 46.2. The SMILES string of the molecule is C=CC(C)(CCC=C(C)C(=O)OC1C(C)OC(OC(C)(C=C)CCC=C(C)C(=O)OC2CC3(C(=O)OC4OC(CO)C(O)C(O)C4OC4OC(C)C(OC5OC(CO)C(O)C5O)C(OC5OC(CO)C(O)C(O)C5O)C4O)C(O)CC4(C)C(=CCC5C6(C)CCC(OC7OC(COC8OC(C)C(O)C(O)C8OC8OCC(O)C(O)C8O)C(O)C(O)C7O)C(C)(C)C6CCC54C)C3CC2(C)C)C(O)C1O)OC1OC(C)C(O)C(O)C1O. The highest BCUT2D eigenvalue weighted by Gasteiger charge is 2.75. The van der Waals surface area contributed by atoms with Crippen LogP contribution in [-0.2, 0) is 109 Å². The molecule has 14 aliphatic rings. The van der Waals surface area contributed by atoms with Gasteiger partial charge >= 0.3 is 17.9 Å². The minimum atomic E-state index is -2.28. The maximum atomic E-state index is 16.9. The van der Waals surface area contributed by atoms with Crippen LogP contribution in [-0.4, -0.2) is 472 Å². The van der Waals surface area contributed by atoms with Gasteiger partial charge in [-0.3, -0.25) is 4.79 Å². The number of aliphatic hydroxyl groups excluding tert-OH is 25. The summed E-state index contributed by atoms with van der Waals surface area (Å²) < 4.78 is 122. The molecule has 0 aromatic rings. The molecule has 0 spiro atoms. The molecule has 858 valence electrons. The van der Waals surface area contributed by atoms with Crippen molar-refractivity contribution in [3.63, 3.8) is 0 Å². The number of allylic oxidation sites excluding steroid dienone is 4. The lowest BCUT2D eigenvalue weighted by atomic mass is 9.33. The first-order valence-electron chi connectivity index (χ1n) is 52.1. The van der Waals surface area contributed by atoms with Gasteiger partial charge in [-0.2, -0.15) is 0 Å². The lowest BCUT2D eigenvalue weighted by Gasteiger charge is -2.72. The third-order valence-electron chi connectivity index (χ3n) is 35.6. The first-order valence-corrected chi connectivity index (χ1v) is 52.1. The van der Waals surface area contributed by atoms with Crippen molar-refractivity contribution in [2.45, 2.75) is 475 Å². The quantitative estimate of drug-likeness (QED) is 0.00942. The Balaban J connectivity index is 0.711. The van der Waals surface area contributed by atoms with Gasteiger partial charge in [0, 0.05) is 23.0 Å². The zero-order valence-electron chi connectivity index (χ0n) is 87.2. The van der Waals surface area contributed by atoms with Crippen LogP contribution in [0.4, 0.5) is 0 Å². The van der Waals surface area contributed by atoms with Crippen molar-refractivity contribution in [2.24, 2.45) is 50.2 Å². The van der Waals surface area contributed by atoms with Crippen molar-refractivity contribution in [3.8, 4) is 0 Å². The summed E-state index contributed by atoms with van der Waals surface area (Å²) >= 11 is 0. The summed E-state index contributed by atoms with van der Waals surface area (Å²) in [6, 6.07) is 0. The molecule has 9 aliphatic heterocycles. The molecule has 48 nitrogen and oxygen atoms in total. The van der Waals surface area contributed by atoms with Gasteiger partial charge in [-0.05, 0) is 165 Å². The van der Waals surface area contributed by atoms with E-state index in [9.17, 15) is 132 Å². The van der Waals surface area contributed by atoms with Crippen LogP contribution in [0.3, 0.4) is 0 Å². The van der Waals surface area contributed by atoms with Gasteiger partial charge in [0.25, 0.3) is 0 Å². The fourth-order valence-electron chi connectivity index (χ4n) is 25.6. The van der Waals surface area contributed by atoms with Gasteiger partial charge in [0.05, 0.1) is 80.9 Å². The van der Waals surface area contributed by atoms with Gasteiger partial charge in [-0.15, -0.1) is 13.2 Å². The Morgan fingerprint density at radius 3 is 1.41 bits per heavy atom. The van der Waals surface area contributed by atoms with Crippen molar-refractivity contribution in [3.05, 3.63) is 60.3 Å². The predicted octanol–water partition coefficient (Wildman–Crippen LogP) is -5.16. The van der Waals surface area contributed by atoms with E-state index < -0.39 is 389 Å². The minimum Gasteiger partial charge on any atom is -0.458 e. The summed E-state index contributed by atoms with van der Waals surface area (Å²) in [5.41, 5.74) is -8.00. The van der Waals surface area contributed by atoms with Crippen molar-refractivity contribution >= 4 is 17.9 Å². The van der Waals surface area contributed by atoms with Gasteiger partial charge in [0.1, 0.15) is 182 Å². The molecule has 55 unspecified atom stereocenters. The standard InChI is InChI=1S/C102H162O48/c1-18-97(13,149-90-75(125)65(115)58(108)42(5)133-90)29-21-23-41(4)84(129)143-78-44(7)136-91(76(126)70(78)120)150-98(14,19-2)28-20-22-40(3)83(128)141-57-34-102(94(130)148-93-82(69(119)62(112)50(36-104)139-93)147-89-77(127)80(145-88-74(124)66(116)61(111)49(35-103)137-88)79(45(8)135-89)144-87-72(122)63(113)51(37-105)138-87)47(32-95(57,9)10)46-24-25-54-99(15)30-27-56(96(11,12)53(99)26-31-100(54,16)101(46,17)33-55(102)107)142-86-73(123)67(117)64(114)52(140-86)39-132-92-81(68(118)59(109)43(6)134-92)146-85-71(121)60(110)48(106)38-131-85/h18-19,22-24,42-45,47-82,85-93,103-127H,1-2,20-21,25-39H2,3-17H3. The molecule has 14 rings (SSSR count). The molecule has 0 aromatic carbocycles. The van der Waals surface area contributed by atoms with E-state index in [2.05, 4.69) is 40.0 Å². The Bertz CT molecular complexity index is 4640. The highest BCUT2D eigenvalue weighted by atomic mass is 16.8. The van der Waals surface area contributed by atoms with Crippen LogP contribution in [0.5, 0.6) is 0 Å². The summed E-state index contributed by atoms with van der Waals surface area (Å²) in [5, 5.41) is 280. The van der Waals surface area contributed by atoms with Crippen LogP contribution in [0.15, 0.2) is 60.3 Å². The van der Waals surface area contributed by atoms with Gasteiger partial charge < -0.3 is 222 Å². The highest BCUT2D eigenvalue weighted by molar-refractivity contribution is 5.88. The second kappa shape index (κ2) is 47.4. The molecule has 55 atom stereocenters. The number of ether oxygens (including phenoxy) is 20. The van der Waals surface area contributed by atoms with Gasteiger partial charge in [0.15, 0.2) is 62.5 Å². The number of rotatable bonds is 34. The molecule has 48 heteroatoms. The molecular formula is C102H162O48. The van der Waals surface area contributed by atoms with E-state index in [1.807, 2.05) is 27.7 Å². The maximum Gasteiger partial charge on any atom is 0.333 e. The lowest BCUT2D eigenvalue weighted by molar-refractivity contribution is -0.390. The number of carbonyl (C=O) groups excluding carboxylic acids is 3. The summed E-state index contributed by atoms with van der Waals surface area (Å²) in [6.07, 6.45) is -67.3. The fraction of sp³-hybridized carbons (Fsp3) is 0.873. The molecular weight excluding hydrogens is 1990 g/mol. The van der Waals surface area contributed by atoms with Crippen molar-refractivity contribution in [2.75, 3.05) is 33.0 Å². The van der Waals surface area contributed by atoms with Crippen LogP contribution in [0, 0.1) is 50.2 Å². The van der Waals surface area contributed by atoms with Gasteiger partial charge in [-0.1, -0.05) is 84.4 Å². The predicted molar refractivity (Wildman–Crippen MR) is 506 cm³/mol. The summed E-state index contributed by atoms with van der Waals surface area (Å²) in [5.74, 6) is -4.34. The Morgan fingerprint density at radius 2 is 0.840 bits per heavy atom. The topological polar surface area (TPSA) is 742 Å². The number of carbonyl (C=O) groups is 3. The molecule has 25 N–H and O–H groups in total. The zero-order chi connectivity index (χ0) is 110. The highest BCUT2D eigenvalue weighted by Crippen LogP contribution is 2.77. The molecule has 0 bridgehead atoms. The molecule has 0 aromatic heterocycles. The van der Waals surface area contributed by atoms with E-state index in [-0.39, 0.29) is 61.5 Å². The largest absolute Gasteiger partial charge is 0.458 e. The number of fused-ring (bicyclic) bond motifs is 7. The fourth-order valence-corrected chi connectivity index (χ4v) is 25.6. The van der Waals surface area contributed by atoms with Crippen molar-refractivity contribution < 1.29 is 237 Å². The lowest BCUT2D eigenvalue weighted by Crippen LogP contribution is -2.70. The molecule has 0 radical (unpaired) electrons. The molecule has 9 saturated heterocycles. The van der Waals surface area contributed by atoms with E-state index in [1.54, 1.807) is 26.0 Å². The smallest absolute Gasteiger partial charge is 0.333 e. The maximum absolute atomic E-state index is 16.9. The van der Waals surface area contributed by atoms with E-state index in [4.69, 9.17) is 94.7 Å². The third kappa shape index (κ3) is 23.2. The average molecular weight is 2160 g/mol. The summed E-state index contributed by atoms with van der Waals surface area (Å²) in [4.78, 5) is 45.6. The molecule has 0 amide bonds. The van der Waals surface area contributed by atoms with E-state index in [0.29, 0.717) is 32.1 Å². The number of hydrogen-bond acceptors (Lipinski definition) is 48. The van der Waals surface area contributed by atoms with E-state index in [1.165, 1.54) is 53.7 Å². The normalized spacial score (nSPS) is 49.7.